The molecule has 1 saturated heterocycles. The zero-order chi connectivity index (χ0) is 21.8. The predicted octanol–water partition coefficient (Wildman–Crippen LogP) is 1.66. The molecule has 162 valence electrons. The lowest BCUT2D eigenvalue weighted by Gasteiger charge is -2.23. The summed E-state index contributed by atoms with van der Waals surface area (Å²) in [5, 5.41) is 9.53. The number of aromatic nitrogens is 3. The number of aryl methyl sites for hydroxylation is 1. The SMILES string of the molecule is CC(C)Cc1cc(C(=O)N2CCC[C@@H]2c2nc(C(=O)NCCC(N)=O)cs2)n(C)n1. The minimum atomic E-state index is -0.471. The predicted molar refractivity (Wildman–Crippen MR) is 113 cm³/mol. The molecule has 3 N–H and O–H groups in total. The second-order valence-electron chi connectivity index (χ2n) is 7.94. The molecule has 1 fully saturated rings. The first-order valence-electron chi connectivity index (χ1n) is 10.1. The van der Waals surface area contributed by atoms with E-state index in [0.717, 1.165) is 30.0 Å². The Bertz CT molecular complexity index is 935. The van der Waals surface area contributed by atoms with E-state index in [9.17, 15) is 14.4 Å². The van der Waals surface area contributed by atoms with Gasteiger partial charge in [0.15, 0.2) is 0 Å². The third kappa shape index (κ3) is 5.05. The molecule has 3 rings (SSSR count). The molecule has 0 spiro atoms. The van der Waals surface area contributed by atoms with Crippen LogP contribution in [0.15, 0.2) is 11.4 Å². The highest BCUT2D eigenvalue weighted by atomic mass is 32.1. The van der Waals surface area contributed by atoms with Gasteiger partial charge in [0.05, 0.1) is 11.7 Å². The fraction of sp³-hybridized carbons (Fsp3) is 0.550. The lowest BCUT2D eigenvalue weighted by molar-refractivity contribution is -0.117. The molecule has 0 aliphatic carbocycles. The Hall–Kier alpha value is -2.75. The Labute approximate surface area is 179 Å². The van der Waals surface area contributed by atoms with Gasteiger partial charge in [-0.2, -0.15) is 5.10 Å². The maximum absolute atomic E-state index is 13.2. The minimum absolute atomic E-state index is 0.0647. The number of nitrogens with zero attached hydrogens (tertiary/aromatic N) is 4. The van der Waals surface area contributed by atoms with Gasteiger partial charge >= 0.3 is 0 Å². The van der Waals surface area contributed by atoms with Gasteiger partial charge in [-0.25, -0.2) is 4.98 Å². The summed E-state index contributed by atoms with van der Waals surface area (Å²) >= 11 is 1.37. The Kier molecular flexibility index (Phi) is 6.86. The van der Waals surface area contributed by atoms with Gasteiger partial charge in [-0.1, -0.05) is 13.8 Å². The van der Waals surface area contributed by atoms with Crippen molar-refractivity contribution in [3.05, 3.63) is 33.5 Å². The maximum Gasteiger partial charge on any atom is 0.272 e. The first kappa shape index (κ1) is 21.9. The van der Waals surface area contributed by atoms with Gasteiger partial charge in [-0.3, -0.25) is 19.1 Å². The van der Waals surface area contributed by atoms with Crippen molar-refractivity contribution in [2.75, 3.05) is 13.1 Å². The molecule has 2 aromatic rings. The van der Waals surface area contributed by atoms with Crippen LogP contribution in [-0.2, 0) is 18.3 Å². The zero-order valence-corrected chi connectivity index (χ0v) is 18.4. The van der Waals surface area contributed by atoms with Crippen molar-refractivity contribution in [3.63, 3.8) is 0 Å². The number of nitrogens with two attached hydrogens (primary N) is 1. The number of amides is 3. The fourth-order valence-corrected chi connectivity index (χ4v) is 4.54. The third-order valence-corrected chi connectivity index (χ3v) is 5.92. The van der Waals surface area contributed by atoms with E-state index in [-0.39, 0.29) is 30.8 Å². The summed E-state index contributed by atoms with van der Waals surface area (Å²) in [5.74, 6) is -0.420. The van der Waals surface area contributed by atoms with Crippen LogP contribution in [0.1, 0.15) is 70.8 Å². The summed E-state index contributed by atoms with van der Waals surface area (Å²) in [6, 6.07) is 1.72. The molecule has 0 bridgehead atoms. The third-order valence-electron chi connectivity index (χ3n) is 4.98. The Morgan fingerprint density at radius 3 is 2.83 bits per heavy atom. The van der Waals surface area contributed by atoms with Crippen LogP contribution >= 0.6 is 11.3 Å². The highest BCUT2D eigenvalue weighted by Gasteiger charge is 2.34. The summed E-state index contributed by atoms with van der Waals surface area (Å²) in [6.07, 6.45) is 2.59. The summed E-state index contributed by atoms with van der Waals surface area (Å²) < 4.78 is 1.65. The van der Waals surface area contributed by atoms with Crippen molar-refractivity contribution < 1.29 is 14.4 Å². The molecule has 0 aromatic carbocycles. The molecule has 0 saturated carbocycles. The van der Waals surface area contributed by atoms with Crippen LogP contribution in [0.25, 0.3) is 0 Å². The largest absolute Gasteiger partial charge is 0.370 e. The summed E-state index contributed by atoms with van der Waals surface area (Å²) in [6.45, 7) is 5.07. The highest BCUT2D eigenvalue weighted by molar-refractivity contribution is 7.09. The normalized spacial score (nSPS) is 16.3. The van der Waals surface area contributed by atoms with E-state index in [1.54, 1.807) is 17.1 Å². The van der Waals surface area contributed by atoms with Crippen molar-refractivity contribution in [1.29, 1.82) is 0 Å². The average Bonchev–Trinajstić information content (AvgIpc) is 3.39. The van der Waals surface area contributed by atoms with E-state index < -0.39 is 5.91 Å². The van der Waals surface area contributed by atoms with Gasteiger partial charge in [-0.15, -0.1) is 11.3 Å². The van der Waals surface area contributed by atoms with E-state index in [1.165, 1.54) is 11.3 Å². The van der Waals surface area contributed by atoms with Crippen molar-refractivity contribution in [2.24, 2.45) is 18.7 Å². The molecule has 0 radical (unpaired) electrons. The second kappa shape index (κ2) is 9.38. The van der Waals surface area contributed by atoms with Crippen LogP contribution in [-0.4, -0.2) is 50.5 Å². The second-order valence-corrected chi connectivity index (χ2v) is 8.83. The molecule has 3 amide bonds. The van der Waals surface area contributed by atoms with Gasteiger partial charge in [0.2, 0.25) is 5.91 Å². The van der Waals surface area contributed by atoms with Gasteiger partial charge in [-0.05, 0) is 31.2 Å². The first-order valence-corrected chi connectivity index (χ1v) is 11.0. The number of thiazole rings is 1. The van der Waals surface area contributed by atoms with Gasteiger partial charge in [0.1, 0.15) is 16.4 Å². The summed E-state index contributed by atoms with van der Waals surface area (Å²) in [5.41, 5.74) is 6.86. The van der Waals surface area contributed by atoms with Crippen LogP contribution in [0.4, 0.5) is 0 Å². The minimum Gasteiger partial charge on any atom is -0.370 e. The fourth-order valence-electron chi connectivity index (χ4n) is 3.59. The van der Waals surface area contributed by atoms with E-state index in [4.69, 9.17) is 5.73 Å². The Morgan fingerprint density at radius 2 is 2.13 bits per heavy atom. The topological polar surface area (TPSA) is 123 Å². The number of carbonyl (C=O) groups is 3. The molecule has 10 heteroatoms. The van der Waals surface area contributed by atoms with Crippen LogP contribution in [0.5, 0.6) is 0 Å². The summed E-state index contributed by atoms with van der Waals surface area (Å²) in [4.78, 5) is 42.5. The molecular formula is C20H28N6O3S. The molecule has 30 heavy (non-hydrogen) atoms. The standard InChI is InChI=1S/C20H28N6O3S/c1-12(2)9-13-10-16(25(3)24-13)20(29)26-8-4-5-15(26)19-23-14(11-30-19)18(28)22-7-6-17(21)27/h10-12,15H,4-9H2,1-3H3,(H2,21,27)(H,22,28)/t15-/m1/s1. The van der Waals surface area contributed by atoms with Gasteiger partial charge in [0, 0.05) is 31.9 Å². The number of rotatable bonds is 8. The van der Waals surface area contributed by atoms with E-state index in [1.807, 2.05) is 11.0 Å². The Morgan fingerprint density at radius 1 is 1.37 bits per heavy atom. The average molecular weight is 433 g/mol. The van der Waals surface area contributed by atoms with E-state index in [2.05, 4.69) is 29.2 Å². The van der Waals surface area contributed by atoms with Crippen molar-refractivity contribution in [3.8, 4) is 0 Å². The van der Waals surface area contributed by atoms with Gasteiger partial charge < -0.3 is 16.0 Å². The molecule has 0 unspecified atom stereocenters. The van der Waals surface area contributed by atoms with Crippen LogP contribution in [0.2, 0.25) is 0 Å². The number of primary amides is 1. The number of carbonyl (C=O) groups excluding carboxylic acids is 3. The smallest absolute Gasteiger partial charge is 0.272 e. The zero-order valence-electron chi connectivity index (χ0n) is 17.6. The van der Waals surface area contributed by atoms with Gasteiger partial charge in [0.25, 0.3) is 11.8 Å². The molecule has 1 atom stereocenters. The molecule has 1 aliphatic heterocycles. The molecular weight excluding hydrogens is 404 g/mol. The Balaban J connectivity index is 1.71. The highest BCUT2D eigenvalue weighted by Crippen LogP contribution is 2.35. The maximum atomic E-state index is 13.2. The van der Waals surface area contributed by atoms with Crippen LogP contribution in [0.3, 0.4) is 0 Å². The molecule has 2 aromatic heterocycles. The monoisotopic (exact) mass is 432 g/mol. The lowest BCUT2D eigenvalue weighted by Crippen LogP contribution is -2.32. The number of likely N-dealkylation sites (tertiary alicyclic amines) is 1. The number of hydrogen-bond donors (Lipinski definition) is 2. The quantitative estimate of drug-likeness (QED) is 0.657. The van der Waals surface area contributed by atoms with E-state index >= 15 is 0 Å². The van der Waals surface area contributed by atoms with Crippen LogP contribution in [0, 0.1) is 5.92 Å². The molecule has 1 aliphatic rings. The first-order chi connectivity index (χ1) is 14.3. The van der Waals surface area contributed by atoms with Crippen molar-refractivity contribution >= 4 is 29.1 Å². The number of nitrogens with one attached hydrogen (secondary N) is 1. The van der Waals surface area contributed by atoms with E-state index in [0.29, 0.717) is 23.9 Å². The lowest BCUT2D eigenvalue weighted by atomic mass is 10.1. The van der Waals surface area contributed by atoms with Crippen molar-refractivity contribution in [1.82, 2.24) is 25.0 Å². The summed E-state index contributed by atoms with van der Waals surface area (Å²) in [7, 11) is 1.79. The van der Waals surface area contributed by atoms with Crippen LogP contribution < -0.4 is 11.1 Å². The number of hydrogen-bond acceptors (Lipinski definition) is 6. The molecule has 9 nitrogen and oxygen atoms in total. The van der Waals surface area contributed by atoms with Crippen molar-refractivity contribution in [2.45, 2.75) is 45.6 Å². The molecule has 3 heterocycles.